The SMILES string of the molecule is O=S(=O)(NC1CCCOC1)c1ccc(CNC2CC2)s1. The molecule has 3 rings (SSSR count). The number of sulfonamides is 1. The molecule has 1 aromatic rings. The maximum absolute atomic E-state index is 12.3. The van der Waals surface area contributed by atoms with Gasteiger partial charge in [-0.15, -0.1) is 11.3 Å². The highest BCUT2D eigenvalue weighted by atomic mass is 32.2. The van der Waals surface area contributed by atoms with Crippen LogP contribution in [-0.2, 0) is 21.3 Å². The fourth-order valence-electron chi connectivity index (χ4n) is 2.24. The lowest BCUT2D eigenvalue weighted by atomic mass is 10.1. The topological polar surface area (TPSA) is 67.4 Å². The zero-order valence-corrected chi connectivity index (χ0v) is 12.9. The van der Waals surface area contributed by atoms with Crippen molar-refractivity contribution in [2.75, 3.05) is 13.2 Å². The Morgan fingerprint density at radius 3 is 2.80 bits per heavy atom. The van der Waals surface area contributed by atoms with Crippen LogP contribution in [0.15, 0.2) is 16.3 Å². The van der Waals surface area contributed by atoms with Crippen LogP contribution < -0.4 is 10.0 Å². The quantitative estimate of drug-likeness (QED) is 0.834. The van der Waals surface area contributed by atoms with Crippen LogP contribution in [0.3, 0.4) is 0 Å². The second kappa shape index (κ2) is 6.11. The van der Waals surface area contributed by atoms with Gasteiger partial charge in [0.2, 0.25) is 10.0 Å². The molecule has 5 nitrogen and oxygen atoms in total. The molecule has 2 heterocycles. The van der Waals surface area contributed by atoms with Gasteiger partial charge in [0.1, 0.15) is 4.21 Å². The molecular weight excluding hydrogens is 296 g/mol. The van der Waals surface area contributed by atoms with Crippen LogP contribution in [0.5, 0.6) is 0 Å². The van der Waals surface area contributed by atoms with Crippen molar-refractivity contribution in [3.63, 3.8) is 0 Å². The van der Waals surface area contributed by atoms with Crippen molar-refractivity contribution < 1.29 is 13.2 Å². The van der Waals surface area contributed by atoms with Crippen molar-refractivity contribution >= 4 is 21.4 Å². The standard InChI is InChI=1S/C13H20N2O3S2/c16-20(17,15-11-2-1-7-18-9-11)13-6-5-12(19-13)8-14-10-3-4-10/h5-6,10-11,14-15H,1-4,7-9H2. The van der Waals surface area contributed by atoms with Gasteiger partial charge in [-0.3, -0.25) is 0 Å². The molecule has 0 amide bonds. The highest BCUT2D eigenvalue weighted by Gasteiger charge is 2.24. The zero-order chi connectivity index (χ0) is 14.0. The molecule has 0 aromatic carbocycles. The molecular formula is C13H20N2O3S2. The van der Waals surface area contributed by atoms with E-state index in [2.05, 4.69) is 10.0 Å². The Morgan fingerprint density at radius 2 is 2.10 bits per heavy atom. The van der Waals surface area contributed by atoms with E-state index in [0.717, 1.165) is 30.9 Å². The van der Waals surface area contributed by atoms with Gasteiger partial charge in [0, 0.05) is 30.1 Å². The molecule has 1 atom stereocenters. The van der Waals surface area contributed by atoms with E-state index in [1.54, 1.807) is 6.07 Å². The second-order valence-corrected chi connectivity index (χ2v) is 8.52. The average Bonchev–Trinajstić information content (AvgIpc) is 3.13. The van der Waals surface area contributed by atoms with Gasteiger partial charge in [-0.2, -0.15) is 0 Å². The highest BCUT2D eigenvalue weighted by molar-refractivity contribution is 7.91. The highest BCUT2D eigenvalue weighted by Crippen LogP contribution is 2.24. The molecule has 1 saturated carbocycles. The Hall–Kier alpha value is -0.470. The van der Waals surface area contributed by atoms with Crippen molar-refractivity contribution in [2.24, 2.45) is 0 Å². The van der Waals surface area contributed by atoms with Crippen molar-refractivity contribution in [1.29, 1.82) is 0 Å². The first kappa shape index (κ1) is 14.5. The van der Waals surface area contributed by atoms with Gasteiger partial charge < -0.3 is 10.1 Å². The van der Waals surface area contributed by atoms with Gasteiger partial charge in [0.25, 0.3) is 0 Å². The Labute approximate surface area is 123 Å². The first-order valence-corrected chi connectivity index (χ1v) is 9.35. The summed E-state index contributed by atoms with van der Waals surface area (Å²) in [6.45, 7) is 1.96. The first-order chi connectivity index (χ1) is 9.63. The third-order valence-electron chi connectivity index (χ3n) is 3.53. The number of nitrogens with one attached hydrogen (secondary N) is 2. The van der Waals surface area contributed by atoms with E-state index in [0.29, 0.717) is 16.9 Å². The van der Waals surface area contributed by atoms with Gasteiger partial charge >= 0.3 is 0 Å². The molecule has 1 aliphatic heterocycles. The summed E-state index contributed by atoms with van der Waals surface area (Å²) in [5, 5.41) is 3.39. The van der Waals surface area contributed by atoms with E-state index in [1.807, 2.05) is 6.07 Å². The van der Waals surface area contributed by atoms with Crippen LogP contribution in [0.25, 0.3) is 0 Å². The molecule has 0 spiro atoms. The lowest BCUT2D eigenvalue weighted by Gasteiger charge is -2.22. The Morgan fingerprint density at radius 1 is 1.25 bits per heavy atom. The largest absolute Gasteiger partial charge is 0.380 e. The van der Waals surface area contributed by atoms with Gasteiger partial charge in [-0.25, -0.2) is 13.1 Å². The smallest absolute Gasteiger partial charge is 0.250 e. The fraction of sp³-hybridized carbons (Fsp3) is 0.692. The van der Waals surface area contributed by atoms with E-state index >= 15 is 0 Å². The lowest BCUT2D eigenvalue weighted by Crippen LogP contribution is -2.40. The van der Waals surface area contributed by atoms with Crippen molar-refractivity contribution in [3.05, 3.63) is 17.0 Å². The summed E-state index contributed by atoms with van der Waals surface area (Å²) in [5.41, 5.74) is 0. The van der Waals surface area contributed by atoms with Crippen molar-refractivity contribution in [2.45, 2.75) is 48.5 Å². The Kier molecular flexibility index (Phi) is 4.42. The summed E-state index contributed by atoms with van der Waals surface area (Å²) in [7, 11) is -3.40. The summed E-state index contributed by atoms with van der Waals surface area (Å²) in [4.78, 5) is 1.07. The van der Waals surface area contributed by atoms with Gasteiger partial charge in [-0.1, -0.05) is 0 Å². The zero-order valence-electron chi connectivity index (χ0n) is 11.3. The van der Waals surface area contributed by atoms with Crippen LogP contribution in [-0.4, -0.2) is 33.7 Å². The predicted molar refractivity (Wildman–Crippen MR) is 78.3 cm³/mol. The summed E-state index contributed by atoms with van der Waals surface area (Å²) in [5.74, 6) is 0. The first-order valence-electron chi connectivity index (χ1n) is 7.06. The summed E-state index contributed by atoms with van der Waals surface area (Å²) < 4.78 is 33.0. The van der Waals surface area contributed by atoms with Crippen LogP contribution in [0.4, 0.5) is 0 Å². The molecule has 20 heavy (non-hydrogen) atoms. The van der Waals surface area contributed by atoms with Crippen molar-refractivity contribution in [1.82, 2.24) is 10.0 Å². The van der Waals surface area contributed by atoms with Crippen LogP contribution in [0.2, 0.25) is 0 Å². The van der Waals surface area contributed by atoms with E-state index in [4.69, 9.17) is 4.74 Å². The third kappa shape index (κ3) is 3.79. The number of ether oxygens (including phenoxy) is 1. The number of hydrogen-bond donors (Lipinski definition) is 2. The van der Waals surface area contributed by atoms with Crippen LogP contribution in [0, 0.1) is 0 Å². The number of rotatable bonds is 6. The van der Waals surface area contributed by atoms with Gasteiger partial charge in [-0.05, 0) is 37.8 Å². The second-order valence-electron chi connectivity index (χ2n) is 5.41. The van der Waals surface area contributed by atoms with E-state index in [9.17, 15) is 8.42 Å². The molecule has 1 saturated heterocycles. The van der Waals surface area contributed by atoms with Crippen LogP contribution >= 0.6 is 11.3 Å². The van der Waals surface area contributed by atoms with Gasteiger partial charge in [0.15, 0.2) is 0 Å². The van der Waals surface area contributed by atoms with Crippen LogP contribution in [0.1, 0.15) is 30.6 Å². The monoisotopic (exact) mass is 316 g/mol. The molecule has 2 N–H and O–H groups in total. The van der Waals surface area contributed by atoms with E-state index in [-0.39, 0.29) is 6.04 Å². The Balaban J connectivity index is 1.60. The molecule has 1 aromatic heterocycles. The molecule has 1 unspecified atom stereocenters. The number of hydrogen-bond acceptors (Lipinski definition) is 5. The maximum Gasteiger partial charge on any atom is 0.250 e. The molecule has 2 aliphatic rings. The predicted octanol–water partition coefficient (Wildman–Crippen LogP) is 1.46. The molecule has 7 heteroatoms. The number of thiophene rings is 1. The fourth-order valence-corrected chi connectivity index (χ4v) is 4.82. The normalized spacial score (nSPS) is 23.9. The summed E-state index contributed by atoms with van der Waals surface area (Å²) >= 11 is 1.34. The Bertz CT molecular complexity index is 546. The maximum atomic E-state index is 12.3. The molecule has 0 bridgehead atoms. The molecule has 0 radical (unpaired) electrons. The third-order valence-corrected chi connectivity index (χ3v) is 6.62. The van der Waals surface area contributed by atoms with Crippen molar-refractivity contribution in [3.8, 4) is 0 Å². The van der Waals surface area contributed by atoms with E-state index in [1.165, 1.54) is 24.2 Å². The molecule has 112 valence electrons. The molecule has 1 aliphatic carbocycles. The summed E-state index contributed by atoms with van der Waals surface area (Å²) in [6, 6.07) is 4.13. The lowest BCUT2D eigenvalue weighted by molar-refractivity contribution is 0.0774. The molecule has 2 fully saturated rings. The van der Waals surface area contributed by atoms with E-state index < -0.39 is 10.0 Å². The summed E-state index contributed by atoms with van der Waals surface area (Å²) in [6.07, 6.45) is 4.23. The average molecular weight is 316 g/mol. The minimum Gasteiger partial charge on any atom is -0.380 e. The minimum atomic E-state index is -3.40. The minimum absolute atomic E-state index is 0.0936. The van der Waals surface area contributed by atoms with Gasteiger partial charge in [0.05, 0.1) is 6.61 Å².